The van der Waals surface area contributed by atoms with Crippen molar-refractivity contribution < 1.29 is 22.6 Å². The van der Waals surface area contributed by atoms with Gasteiger partial charge in [-0.15, -0.1) is 0 Å². The van der Waals surface area contributed by atoms with E-state index >= 15 is 0 Å². The molecule has 6 nitrogen and oxygen atoms in total. The largest absolute Gasteiger partial charge is 0.422 e. The van der Waals surface area contributed by atoms with E-state index in [1.54, 1.807) is 6.07 Å². The van der Waals surface area contributed by atoms with Crippen molar-refractivity contribution in [1.29, 1.82) is 0 Å². The molecular formula is C14H15F3N5O+. The Morgan fingerprint density at radius 3 is 2.87 bits per heavy atom. The van der Waals surface area contributed by atoms with E-state index in [0.29, 0.717) is 24.0 Å². The Morgan fingerprint density at radius 1 is 1.43 bits per heavy atom. The van der Waals surface area contributed by atoms with E-state index < -0.39 is 11.7 Å². The second kappa shape index (κ2) is 5.99. The van der Waals surface area contributed by atoms with Gasteiger partial charge >= 0.3 is 6.18 Å². The average Bonchev–Trinajstić information content (AvgIpc) is 2.47. The number of nitrogens with one attached hydrogen (secondary N) is 3. The number of aromatic nitrogens is 2. The first-order valence-corrected chi connectivity index (χ1v) is 7.04. The zero-order valence-corrected chi connectivity index (χ0v) is 12.0. The molecular weight excluding hydrogens is 311 g/mol. The van der Waals surface area contributed by atoms with E-state index in [2.05, 4.69) is 21.0 Å². The van der Waals surface area contributed by atoms with Gasteiger partial charge in [-0.2, -0.15) is 18.6 Å². The molecule has 0 radical (unpaired) electrons. The van der Waals surface area contributed by atoms with Crippen LogP contribution < -0.4 is 20.7 Å². The van der Waals surface area contributed by atoms with Crippen molar-refractivity contribution in [2.24, 2.45) is 0 Å². The summed E-state index contributed by atoms with van der Waals surface area (Å²) in [5.74, 6) is -0.274. The van der Waals surface area contributed by atoms with Crippen molar-refractivity contribution in [1.82, 2.24) is 15.6 Å². The lowest BCUT2D eigenvalue weighted by Gasteiger charge is -2.27. The Bertz CT molecular complexity index is 730. The van der Waals surface area contributed by atoms with E-state index in [0.717, 1.165) is 12.3 Å². The number of nitrogens with zero attached hydrogens (tertiary/aromatic N) is 2. The smallest absolute Gasteiger partial charge is 0.349 e. The highest BCUT2D eigenvalue weighted by Crippen LogP contribution is 2.29. The number of pyridine rings is 2. The summed E-state index contributed by atoms with van der Waals surface area (Å²) in [6, 6.07) is 2.69. The maximum atomic E-state index is 13.0. The number of carbonyl (C=O) groups is 1. The van der Waals surface area contributed by atoms with Gasteiger partial charge in [0.15, 0.2) is 0 Å². The minimum absolute atomic E-state index is 0.0803. The Balaban J connectivity index is 1.81. The van der Waals surface area contributed by atoms with Crippen LogP contribution in [0.2, 0.25) is 0 Å². The third-order valence-electron chi connectivity index (χ3n) is 3.55. The molecule has 0 aliphatic carbocycles. The Hall–Kier alpha value is -2.42. The number of hydrogen-bond donors (Lipinski definition) is 3. The van der Waals surface area contributed by atoms with Crippen LogP contribution in [0.3, 0.4) is 0 Å². The Morgan fingerprint density at radius 2 is 2.22 bits per heavy atom. The van der Waals surface area contributed by atoms with Gasteiger partial charge in [-0.3, -0.25) is 9.78 Å². The third-order valence-corrected chi connectivity index (χ3v) is 3.55. The van der Waals surface area contributed by atoms with Crippen molar-refractivity contribution in [3.8, 4) is 0 Å². The SMILES string of the molecule is O=C(CN[n+]1cc(C(F)(F)F)cc2cnccc21)NC1CNC1. The van der Waals surface area contributed by atoms with Crippen LogP contribution in [-0.4, -0.2) is 36.6 Å². The summed E-state index contributed by atoms with van der Waals surface area (Å²) in [5.41, 5.74) is 2.40. The van der Waals surface area contributed by atoms with Gasteiger partial charge in [0.25, 0.3) is 0 Å². The molecule has 1 aliphatic heterocycles. The first kappa shape index (κ1) is 15.5. The third kappa shape index (κ3) is 3.50. The van der Waals surface area contributed by atoms with Crippen LogP contribution in [-0.2, 0) is 11.0 Å². The van der Waals surface area contributed by atoms with E-state index in [9.17, 15) is 18.0 Å². The normalized spacial score (nSPS) is 15.3. The fourth-order valence-electron chi connectivity index (χ4n) is 2.26. The summed E-state index contributed by atoms with van der Waals surface area (Å²) >= 11 is 0. The number of alkyl halides is 3. The topological polar surface area (TPSA) is 69.9 Å². The van der Waals surface area contributed by atoms with E-state index in [4.69, 9.17) is 0 Å². The molecule has 0 aromatic carbocycles. The van der Waals surface area contributed by atoms with Crippen LogP contribution in [0.5, 0.6) is 0 Å². The molecule has 0 unspecified atom stereocenters. The van der Waals surface area contributed by atoms with Crippen molar-refractivity contribution >= 4 is 16.8 Å². The molecule has 0 saturated carbocycles. The Kier molecular flexibility index (Phi) is 4.03. The van der Waals surface area contributed by atoms with Crippen LogP contribution >= 0.6 is 0 Å². The number of carbonyl (C=O) groups excluding carboxylic acids is 1. The molecule has 1 aliphatic rings. The summed E-state index contributed by atoms with van der Waals surface area (Å²) in [6.45, 7) is 1.29. The number of amides is 1. The first-order valence-electron chi connectivity index (χ1n) is 7.04. The molecule has 0 bridgehead atoms. The second-order valence-electron chi connectivity index (χ2n) is 5.29. The number of rotatable bonds is 4. The van der Waals surface area contributed by atoms with Crippen LogP contribution in [0, 0.1) is 0 Å². The summed E-state index contributed by atoms with van der Waals surface area (Å²) in [5, 5.41) is 6.12. The predicted molar refractivity (Wildman–Crippen MR) is 76.0 cm³/mol. The average molecular weight is 326 g/mol. The van der Waals surface area contributed by atoms with Crippen LogP contribution in [0.1, 0.15) is 5.56 Å². The number of fused-ring (bicyclic) bond motifs is 1. The highest BCUT2D eigenvalue weighted by molar-refractivity contribution is 5.79. The summed E-state index contributed by atoms with van der Waals surface area (Å²) in [6.07, 6.45) is -0.718. The quantitative estimate of drug-likeness (QED) is 0.701. The highest BCUT2D eigenvalue weighted by atomic mass is 19.4. The maximum absolute atomic E-state index is 13.0. The lowest BCUT2D eigenvalue weighted by Crippen LogP contribution is -2.59. The lowest BCUT2D eigenvalue weighted by molar-refractivity contribution is -0.623. The van der Waals surface area contributed by atoms with Gasteiger partial charge in [0.05, 0.1) is 11.4 Å². The van der Waals surface area contributed by atoms with Crippen molar-refractivity contribution in [2.75, 3.05) is 25.1 Å². The standard InChI is InChI=1S/C14H14F3N5O/c15-14(16,17)10-3-9-4-18-2-1-12(9)22(8-10)20-7-13(23)21-11-5-19-6-11/h1-4,8,11,19-20H,5-7H2/p+1. The lowest BCUT2D eigenvalue weighted by atomic mass is 10.2. The number of hydrogen-bond acceptors (Lipinski definition) is 4. The van der Waals surface area contributed by atoms with Gasteiger partial charge in [0, 0.05) is 31.5 Å². The van der Waals surface area contributed by atoms with Gasteiger partial charge in [-0.1, -0.05) is 4.68 Å². The molecule has 2 aromatic heterocycles. The summed E-state index contributed by atoms with van der Waals surface area (Å²) < 4.78 is 40.1. The number of halogens is 3. The highest BCUT2D eigenvalue weighted by Gasteiger charge is 2.34. The first-order chi connectivity index (χ1) is 10.9. The fraction of sp³-hybridized carbons (Fsp3) is 0.357. The zero-order valence-electron chi connectivity index (χ0n) is 12.0. The van der Waals surface area contributed by atoms with Crippen molar-refractivity contribution in [3.05, 3.63) is 36.3 Å². The summed E-state index contributed by atoms with van der Waals surface area (Å²) in [7, 11) is 0. The van der Waals surface area contributed by atoms with E-state index in [1.807, 2.05) is 0 Å². The van der Waals surface area contributed by atoms with Crippen molar-refractivity contribution in [2.45, 2.75) is 12.2 Å². The molecule has 2 aromatic rings. The molecule has 3 N–H and O–H groups in total. The molecule has 3 heterocycles. The molecule has 1 amide bonds. The predicted octanol–water partition coefficient (Wildman–Crippen LogP) is 0.173. The van der Waals surface area contributed by atoms with Crippen LogP contribution in [0.25, 0.3) is 10.9 Å². The molecule has 9 heteroatoms. The molecule has 0 atom stereocenters. The zero-order chi connectivity index (χ0) is 16.4. The van der Waals surface area contributed by atoms with E-state index in [-0.39, 0.29) is 18.5 Å². The Labute approximate surface area is 129 Å². The minimum Gasteiger partial charge on any atom is -0.349 e. The molecule has 0 spiro atoms. The van der Waals surface area contributed by atoms with Gasteiger partial charge < -0.3 is 10.6 Å². The molecule has 3 rings (SSSR count). The molecule has 1 saturated heterocycles. The van der Waals surface area contributed by atoms with Crippen molar-refractivity contribution in [3.63, 3.8) is 0 Å². The monoisotopic (exact) mass is 326 g/mol. The molecule has 1 fully saturated rings. The fourth-order valence-corrected chi connectivity index (χ4v) is 2.26. The second-order valence-corrected chi connectivity index (χ2v) is 5.29. The molecule has 122 valence electrons. The van der Waals surface area contributed by atoms with Crippen LogP contribution in [0.4, 0.5) is 13.2 Å². The van der Waals surface area contributed by atoms with Gasteiger partial charge in [-0.05, 0) is 6.07 Å². The van der Waals surface area contributed by atoms with Gasteiger partial charge in [-0.25, -0.2) is 0 Å². The van der Waals surface area contributed by atoms with Gasteiger partial charge in [0.2, 0.25) is 17.6 Å². The summed E-state index contributed by atoms with van der Waals surface area (Å²) in [4.78, 5) is 15.6. The van der Waals surface area contributed by atoms with Gasteiger partial charge in [0.1, 0.15) is 12.1 Å². The minimum atomic E-state index is -4.48. The van der Waals surface area contributed by atoms with Crippen LogP contribution in [0.15, 0.2) is 30.7 Å². The molecule has 23 heavy (non-hydrogen) atoms. The van der Waals surface area contributed by atoms with E-state index in [1.165, 1.54) is 17.1 Å². The maximum Gasteiger partial charge on any atom is 0.422 e.